The molecule has 0 bridgehead atoms. The van der Waals surface area contributed by atoms with Gasteiger partial charge >= 0.3 is 0 Å². The molecule has 0 radical (unpaired) electrons. The third kappa shape index (κ3) is 10.3. The second-order valence-corrected chi connectivity index (χ2v) is 34.3. The van der Waals surface area contributed by atoms with Crippen LogP contribution >= 0.6 is 0 Å². The molecule has 15 rings (SSSR count). The minimum Gasteiger partial charge on any atom is -0.314 e. The summed E-state index contributed by atoms with van der Waals surface area (Å²) >= 11 is 0. The molecule has 10 aromatic rings. The monoisotopic (exact) mass is 1240 g/mol. The normalized spacial score (nSPS) is 17.5. The van der Waals surface area contributed by atoms with E-state index >= 15 is 0 Å². The smallest absolute Gasteiger partial charge is 0.0546 e. The highest BCUT2D eigenvalue weighted by atomic mass is 15.2. The summed E-state index contributed by atoms with van der Waals surface area (Å²) in [5.41, 5.74) is 32.7. The van der Waals surface area contributed by atoms with Crippen LogP contribution in [0.15, 0.2) is 229 Å². The molecule has 1 atom stereocenters. The maximum absolute atomic E-state index is 2.69. The van der Waals surface area contributed by atoms with Crippen LogP contribution in [0.2, 0.25) is 0 Å². The van der Waals surface area contributed by atoms with Crippen LogP contribution in [0.25, 0.3) is 66.1 Å². The van der Waals surface area contributed by atoms with Crippen LogP contribution in [-0.4, -0.2) is 0 Å². The largest absolute Gasteiger partial charge is 0.314 e. The molecule has 5 aliphatic carbocycles. The summed E-state index contributed by atoms with van der Waals surface area (Å²) < 4.78 is 0. The van der Waals surface area contributed by atoms with Gasteiger partial charge in [0.2, 0.25) is 0 Å². The first-order chi connectivity index (χ1) is 44.8. The van der Waals surface area contributed by atoms with Crippen molar-refractivity contribution < 1.29 is 0 Å². The first-order valence-corrected chi connectivity index (χ1v) is 35.2. The summed E-state index contributed by atoms with van der Waals surface area (Å²) in [4.78, 5) is 5.27. The van der Waals surface area contributed by atoms with Crippen molar-refractivity contribution in [2.75, 3.05) is 9.80 Å². The number of fused-ring (bicyclic) bond motifs is 11. The number of hydrogen-bond donors (Lipinski definition) is 0. The Morgan fingerprint density at radius 1 is 0.389 bits per heavy atom. The van der Waals surface area contributed by atoms with Gasteiger partial charge in [-0.25, -0.2) is 0 Å². The molecule has 0 spiro atoms. The summed E-state index contributed by atoms with van der Waals surface area (Å²) in [6, 6.07) is 75.7. The highest BCUT2D eigenvalue weighted by Gasteiger charge is 2.47. The number of nitrogens with zero attached hydrogens (tertiary/aromatic N) is 2. The van der Waals surface area contributed by atoms with Gasteiger partial charge in [-0.1, -0.05) is 276 Å². The molecule has 0 heterocycles. The van der Waals surface area contributed by atoms with E-state index in [1.807, 2.05) is 0 Å². The number of allylic oxidation sites excluding steroid dienone is 7. The first-order valence-electron chi connectivity index (χ1n) is 35.2. The van der Waals surface area contributed by atoms with Gasteiger partial charge in [0, 0.05) is 55.8 Å². The Morgan fingerprint density at radius 3 is 1.48 bits per heavy atom. The highest BCUT2D eigenvalue weighted by Crippen LogP contribution is 2.60. The van der Waals surface area contributed by atoms with E-state index < -0.39 is 0 Å². The van der Waals surface area contributed by atoms with Gasteiger partial charge in [0.05, 0.1) is 5.69 Å². The Morgan fingerprint density at radius 2 is 0.884 bits per heavy atom. The van der Waals surface area contributed by atoms with Gasteiger partial charge in [0.1, 0.15) is 0 Å². The Balaban J connectivity index is 0.823. The fourth-order valence-electron chi connectivity index (χ4n) is 16.7. The van der Waals surface area contributed by atoms with Gasteiger partial charge in [-0.3, -0.25) is 0 Å². The van der Waals surface area contributed by atoms with E-state index in [2.05, 4.69) is 347 Å². The van der Waals surface area contributed by atoms with E-state index in [1.54, 1.807) is 0 Å². The maximum atomic E-state index is 2.69. The number of benzene rings is 10. The van der Waals surface area contributed by atoms with E-state index in [9.17, 15) is 0 Å². The molecule has 95 heavy (non-hydrogen) atoms. The molecule has 0 saturated carbocycles. The number of anilines is 4. The molecule has 0 saturated heterocycles. The molecular weight excluding hydrogens is 1150 g/mol. The van der Waals surface area contributed by atoms with Crippen molar-refractivity contribution in [1.82, 2.24) is 0 Å². The standard InChI is InChI=1S/C93H96N2/c1-87(2,3)65-37-43-75-79(51-65)92(15,16)81-53-67(89(7,8)9)55-83(85(75)81)94(71-39-33-57-25-19-21-27-59(57)45-71)69-31-23-29-61(47-69)63-35-41-73-74-42-36-64(50-78(74)91(13,14)77(73)49-63)62-30-24-32-70(48-62)95(72-40-34-58-26-20-22-28-60(58)46-72)84-56-68(90(10,11)12)54-82-86(84)76-44-38-66(88(4,5)6)52-80(76)93(82,17)18/h19-23,25-29,31-55,68H,24,30,56H2,1-18H3. The second-order valence-electron chi connectivity index (χ2n) is 34.3. The van der Waals surface area contributed by atoms with Crippen LogP contribution in [0.4, 0.5) is 22.7 Å². The zero-order valence-corrected chi connectivity index (χ0v) is 59.8. The van der Waals surface area contributed by atoms with Crippen molar-refractivity contribution in [2.24, 2.45) is 11.3 Å². The minimum absolute atomic E-state index is 0.0282. The predicted molar refractivity (Wildman–Crippen MR) is 409 cm³/mol. The predicted octanol–water partition coefficient (Wildman–Crippen LogP) is 25.9. The fraction of sp³-hybridized carbons (Fsp3) is 0.312. The lowest BCUT2D eigenvalue weighted by Gasteiger charge is -2.41. The van der Waals surface area contributed by atoms with Crippen molar-refractivity contribution in [2.45, 2.75) is 176 Å². The molecule has 478 valence electrons. The lowest BCUT2D eigenvalue weighted by Crippen LogP contribution is -2.32. The fourth-order valence-corrected chi connectivity index (χ4v) is 16.7. The Bertz CT molecular complexity index is 4990. The molecule has 0 N–H and O–H groups in total. The molecule has 0 amide bonds. The Kier molecular flexibility index (Phi) is 14.2. The molecule has 0 aromatic heterocycles. The van der Waals surface area contributed by atoms with Crippen molar-refractivity contribution in [3.05, 3.63) is 285 Å². The summed E-state index contributed by atoms with van der Waals surface area (Å²) in [5, 5.41) is 4.99. The molecular formula is C93H96N2. The lowest BCUT2D eigenvalue weighted by atomic mass is 9.70. The lowest BCUT2D eigenvalue weighted by molar-refractivity contribution is 0.286. The van der Waals surface area contributed by atoms with Crippen LogP contribution in [0.3, 0.4) is 0 Å². The molecule has 5 aliphatic rings. The number of rotatable bonds is 8. The average molecular weight is 1240 g/mol. The van der Waals surface area contributed by atoms with Gasteiger partial charge in [-0.15, -0.1) is 0 Å². The summed E-state index contributed by atoms with van der Waals surface area (Å²) in [7, 11) is 0. The van der Waals surface area contributed by atoms with Crippen molar-refractivity contribution >= 4 is 55.4 Å². The average Bonchev–Trinajstić information content (AvgIpc) is 1.58. The SMILES string of the molecule is CC(C)(C)c1ccc2c(c1)C(C)(C)C1=CC(C(C)(C)C)CC(N(C3=CCCC(c4ccc5c(c4)C(C)(C)c4cc(-c6cccc(N(c7ccc8ccccc8c7)c7cc(C(C)(C)C)cc8c7-c7ccc(C(C)(C)C)cc7C8(C)C)c6)ccc4-5)=C3)c3ccc4ccccc4c3)=C12. The van der Waals surface area contributed by atoms with Gasteiger partial charge in [-0.05, 0) is 224 Å². The molecule has 0 fully saturated rings. The van der Waals surface area contributed by atoms with E-state index in [4.69, 9.17) is 0 Å². The quantitative estimate of drug-likeness (QED) is 0.150. The Labute approximate surface area is 567 Å². The van der Waals surface area contributed by atoms with Crippen LogP contribution in [-0.2, 0) is 32.5 Å². The third-order valence-corrected chi connectivity index (χ3v) is 22.8. The summed E-state index contributed by atoms with van der Waals surface area (Å²) in [6.07, 6.45) is 10.7. The molecule has 0 aliphatic heterocycles. The molecule has 10 aromatic carbocycles. The first kappa shape index (κ1) is 62.4. The van der Waals surface area contributed by atoms with E-state index in [-0.39, 0.29) is 37.9 Å². The maximum Gasteiger partial charge on any atom is 0.0546 e. The zero-order valence-electron chi connectivity index (χ0n) is 59.8. The van der Waals surface area contributed by atoms with E-state index in [1.165, 1.54) is 150 Å². The van der Waals surface area contributed by atoms with Gasteiger partial charge in [0.15, 0.2) is 0 Å². The van der Waals surface area contributed by atoms with Crippen molar-refractivity contribution in [3.8, 4) is 33.4 Å². The molecule has 1 unspecified atom stereocenters. The van der Waals surface area contributed by atoms with Crippen LogP contribution < -0.4 is 9.80 Å². The molecule has 2 heteroatoms. The van der Waals surface area contributed by atoms with Gasteiger partial charge in [-0.2, -0.15) is 0 Å². The van der Waals surface area contributed by atoms with Crippen LogP contribution in [0, 0.1) is 11.3 Å². The van der Waals surface area contributed by atoms with Crippen LogP contribution in [0.1, 0.15) is 200 Å². The minimum atomic E-state index is -0.244. The second kappa shape index (κ2) is 21.6. The van der Waals surface area contributed by atoms with E-state index in [0.29, 0.717) is 5.92 Å². The van der Waals surface area contributed by atoms with Crippen molar-refractivity contribution in [3.63, 3.8) is 0 Å². The number of hydrogen-bond acceptors (Lipinski definition) is 2. The highest BCUT2D eigenvalue weighted by molar-refractivity contribution is 6.00. The Hall–Kier alpha value is -8.72. The molecule has 2 nitrogen and oxygen atoms in total. The van der Waals surface area contributed by atoms with Gasteiger partial charge in [0.25, 0.3) is 0 Å². The third-order valence-electron chi connectivity index (χ3n) is 22.8. The zero-order chi connectivity index (χ0) is 66.8. The topological polar surface area (TPSA) is 6.48 Å². The van der Waals surface area contributed by atoms with Crippen molar-refractivity contribution in [1.29, 1.82) is 0 Å². The van der Waals surface area contributed by atoms with Gasteiger partial charge < -0.3 is 9.80 Å². The van der Waals surface area contributed by atoms with E-state index in [0.717, 1.165) is 30.6 Å². The van der Waals surface area contributed by atoms with Crippen LogP contribution in [0.5, 0.6) is 0 Å². The summed E-state index contributed by atoms with van der Waals surface area (Å²) in [6.45, 7) is 43.2. The summed E-state index contributed by atoms with van der Waals surface area (Å²) in [5.74, 6) is 0.351.